The number of unbranched alkanes of at least 4 members (excludes halogenated alkanes) is 1. The number of rotatable bonds is 5. The summed E-state index contributed by atoms with van der Waals surface area (Å²) in [7, 11) is 0. The molecular formula is C13H14ClNO. The molecule has 2 rings (SSSR count). The summed E-state index contributed by atoms with van der Waals surface area (Å²) in [6, 6.07) is 7.99. The molecule has 0 unspecified atom stereocenters. The lowest BCUT2D eigenvalue weighted by atomic mass is 10.1. The van der Waals surface area contributed by atoms with E-state index < -0.39 is 0 Å². The maximum absolute atomic E-state index is 5.73. The van der Waals surface area contributed by atoms with Gasteiger partial charge >= 0.3 is 0 Å². The van der Waals surface area contributed by atoms with Crippen molar-refractivity contribution in [2.24, 2.45) is 0 Å². The van der Waals surface area contributed by atoms with Crippen LogP contribution in [0.1, 0.15) is 12.8 Å². The first-order valence-corrected chi connectivity index (χ1v) is 5.97. The molecule has 84 valence electrons. The van der Waals surface area contributed by atoms with E-state index in [0.29, 0.717) is 12.5 Å². The summed E-state index contributed by atoms with van der Waals surface area (Å²) < 4.78 is 5.73. The molecule has 16 heavy (non-hydrogen) atoms. The Morgan fingerprint density at radius 2 is 2.12 bits per heavy atom. The SMILES string of the molecule is ClCCCCOc1cccc2cnccc12. The van der Waals surface area contributed by atoms with Gasteiger partial charge in [0.25, 0.3) is 0 Å². The van der Waals surface area contributed by atoms with Crippen LogP contribution in [0.3, 0.4) is 0 Å². The maximum Gasteiger partial charge on any atom is 0.127 e. The van der Waals surface area contributed by atoms with Gasteiger partial charge in [0.1, 0.15) is 5.75 Å². The van der Waals surface area contributed by atoms with Crippen LogP contribution in [0, 0.1) is 0 Å². The maximum atomic E-state index is 5.73. The van der Waals surface area contributed by atoms with Gasteiger partial charge in [-0.15, -0.1) is 11.6 Å². The van der Waals surface area contributed by atoms with E-state index >= 15 is 0 Å². The van der Waals surface area contributed by atoms with Gasteiger partial charge in [-0.3, -0.25) is 4.98 Å². The van der Waals surface area contributed by atoms with E-state index in [2.05, 4.69) is 4.98 Å². The van der Waals surface area contributed by atoms with Crippen LogP contribution in [0.2, 0.25) is 0 Å². The second-order valence-corrected chi connectivity index (χ2v) is 3.98. The second kappa shape index (κ2) is 5.71. The normalized spacial score (nSPS) is 10.6. The quantitative estimate of drug-likeness (QED) is 0.583. The third kappa shape index (κ3) is 2.64. The number of pyridine rings is 1. The lowest BCUT2D eigenvalue weighted by molar-refractivity contribution is 0.313. The number of hydrogen-bond acceptors (Lipinski definition) is 2. The number of ether oxygens (including phenoxy) is 1. The predicted molar refractivity (Wildman–Crippen MR) is 67.2 cm³/mol. The Morgan fingerprint density at radius 1 is 1.19 bits per heavy atom. The van der Waals surface area contributed by atoms with E-state index in [1.165, 1.54) is 0 Å². The number of aromatic nitrogens is 1. The third-order valence-corrected chi connectivity index (χ3v) is 2.69. The molecule has 0 amide bonds. The molecule has 0 aliphatic rings. The second-order valence-electron chi connectivity index (χ2n) is 3.60. The van der Waals surface area contributed by atoms with E-state index in [1.807, 2.05) is 30.5 Å². The molecule has 0 atom stereocenters. The van der Waals surface area contributed by atoms with Gasteiger partial charge in [-0.25, -0.2) is 0 Å². The van der Waals surface area contributed by atoms with Crippen LogP contribution in [-0.4, -0.2) is 17.5 Å². The highest BCUT2D eigenvalue weighted by Crippen LogP contribution is 2.24. The molecule has 2 nitrogen and oxygen atoms in total. The summed E-state index contributed by atoms with van der Waals surface area (Å²) in [5, 5.41) is 2.22. The van der Waals surface area contributed by atoms with Gasteiger partial charge in [0.15, 0.2) is 0 Å². The lowest BCUT2D eigenvalue weighted by Gasteiger charge is -2.08. The Kier molecular flexibility index (Phi) is 4.00. The summed E-state index contributed by atoms with van der Waals surface area (Å²) >= 11 is 5.61. The fraction of sp³-hybridized carbons (Fsp3) is 0.308. The van der Waals surface area contributed by atoms with Crippen molar-refractivity contribution in [2.75, 3.05) is 12.5 Å². The van der Waals surface area contributed by atoms with Crippen LogP contribution >= 0.6 is 11.6 Å². The molecular weight excluding hydrogens is 222 g/mol. The molecule has 1 aromatic heterocycles. The van der Waals surface area contributed by atoms with Crippen LogP contribution < -0.4 is 4.74 Å². The number of alkyl halides is 1. The van der Waals surface area contributed by atoms with Gasteiger partial charge in [0.2, 0.25) is 0 Å². The Hall–Kier alpha value is -1.28. The predicted octanol–water partition coefficient (Wildman–Crippen LogP) is 3.63. The molecule has 0 aliphatic carbocycles. The molecule has 0 fully saturated rings. The first kappa shape index (κ1) is 11.2. The van der Waals surface area contributed by atoms with E-state index in [-0.39, 0.29) is 0 Å². The molecule has 2 aromatic rings. The lowest BCUT2D eigenvalue weighted by Crippen LogP contribution is -1.98. The molecule has 0 spiro atoms. The Morgan fingerprint density at radius 3 is 3.00 bits per heavy atom. The van der Waals surface area contributed by atoms with E-state index in [0.717, 1.165) is 29.4 Å². The van der Waals surface area contributed by atoms with Crippen LogP contribution in [0.4, 0.5) is 0 Å². The molecule has 0 saturated heterocycles. The molecule has 3 heteroatoms. The topological polar surface area (TPSA) is 22.1 Å². The van der Waals surface area contributed by atoms with Gasteiger partial charge in [-0.05, 0) is 25.0 Å². The summed E-state index contributed by atoms with van der Waals surface area (Å²) in [6.45, 7) is 0.716. The van der Waals surface area contributed by atoms with Crippen molar-refractivity contribution in [3.63, 3.8) is 0 Å². The first-order valence-electron chi connectivity index (χ1n) is 5.43. The number of nitrogens with zero attached hydrogens (tertiary/aromatic N) is 1. The van der Waals surface area contributed by atoms with Gasteiger partial charge in [-0.2, -0.15) is 0 Å². The van der Waals surface area contributed by atoms with Crippen molar-refractivity contribution in [3.05, 3.63) is 36.7 Å². The van der Waals surface area contributed by atoms with Gasteiger partial charge in [0, 0.05) is 29.0 Å². The Bertz CT molecular complexity index is 453. The number of fused-ring (bicyclic) bond motifs is 1. The van der Waals surface area contributed by atoms with Gasteiger partial charge < -0.3 is 4.74 Å². The highest BCUT2D eigenvalue weighted by molar-refractivity contribution is 6.17. The molecule has 1 aromatic carbocycles. The van der Waals surface area contributed by atoms with Crippen molar-refractivity contribution in [3.8, 4) is 5.75 Å². The first-order chi connectivity index (χ1) is 7.92. The summed E-state index contributed by atoms with van der Waals surface area (Å²) in [4.78, 5) is 4.09. The van der Waals surface area contributed by atoms with Crippen molar-refractivity contribution >= 4 is 22.4 Å². The average Bonchev–Trinajstić information content (AvgIpc) is 2.35. The minimum absolute atomic E-state index is 0.697. The summed E-state index contributed by atoms with van der Waals surface area (Å²) in [6.07, 6.45) is 5.62. The van der Waals surface area contributed by atoms with Crippen LogP contribution in [0.25, 0.3) is 10.8 Å². The Labute approximate surface area is 100 Å². The molecule has 0 radical (unpaired) electrons. The molecule has 0 saturated carbocycles. The van der Waals surface area contributed by atoms with Gasteiger partial charge in [0.05, 0.1) is 6.61 Å². The fourth-order valence-corrected chi connectivity index (χ4v) is 1.79. The molecule has 1 heterocycles. The zero-order valence-electron chi connectivity index (χ0n) is 9.03. The van der Waals surface area contributed by atoms with Crippen LogP contribution in [-0.2, 0) is 0 Å². The number of hydrogen-bond donors (Lipinski definition) is 0. The molecule has 0 bridgehead atoms. The van der Waals surface area contributed by atoms with Crippen LogP contribution in [0.15, 0.2) is 36.7 Å². The van der Waals surface area contributed by atoms with E-state index in [9.17, 15) is 0 Å². The number of benzene rings is 1. The van der Waals surface area contributed by atoms with Crippen molar-refractivity contribution in [2.45, 2.75) is 12.8 Å². The molecule has 0 aliphatic heterocycles. The third-order valence-electron chi connectivity index (χ3n) is 2.43. The smallest absolute Gasteiger partial charge is 0.127 e. The number of halogens is 1. The zero-order valence-corrected chi connectivity index (χ0v) is 9.78. The fourth-order valence-electron chi connectivity index (χ4n) is 1.60. The average molecular weight is 236 g/mol. The summed E-state index contributed by atoms with van der Waals surface area (Å²) in [5.74, 6) is 1.62. The van der Waals surface area contributed by atoms with Crippen molar-refractivity contribution in [1.82, 2.24) is 4.98 Å². The largest absolute Gasteiger partial charge is 0.493 e. The van der Waals surface area contributed by atoms with Gasteiger partial charge in [-0.1, -0.05) is 12.1 Å². The zero-order chi connectivity index (χ0) is 11.2. The van der Waals surface area contributed by atoms with Crippen LogP contribution in [0.5, 0.6) is 5.75 Å². The minimum atomic E-state index is 0.697. The Balaban J connectivity index is 2.11. The van der Waals surface area contributed by atoms with Crippen molar-refractivity contribution < 1.29 is 4.74 Å². The van der Waals surface area contributed by atoms with E-state index in [4.69, 9.17) is 16.3 Å². The van der Waals surface area contributed by atoms with E-state index in [1.54, 1.807) is 6.20 Å². The minimum Gasteiger partial charge on any atom is -0.493 e. The highest BCUT2D eigenvalue weighted by Gasteiger charge is 2.00. The summed E-state index contributed by atoms with van der Waals surface area (Å²) in [5.41, 5.74) is 0. The standard InChI is InChI=1S/C13H14ClNO/c14-7-1-2-9-16-13-5-3-4-11-10-15-8-6-12(11)13/h3-6,8,10H,1-2,7,9H2. The molecule has 0 N–H and O–H groups in total. The monoisotopic (exact) mass is 235 g/mol. The highest BCUT2D eigenvalue weighted by atomic mass is 35.5. The van der Waals surface area contributed by atoms with Crippen molar-refractivity contribution in [1.29, 1.82) is 0 Å².